The third-order valence-corrected chi connectivity index (χ3v) is 6.28. The van der Waals surface area contributed by atoms with Crippen LogP contribution in [0.1, 0.15) is 36.5 Å². The maximum atomic E-state index is 12.5. The summed E-state index contributed by atoms with van der Waals surface area (Å²) in [6.45, 7) is 5.24. The Morgan fingerprint density at radius 3 is 2.69 bits per heavy atom. The molecule has 3 aliphatic rings. The average molecular weight is 438 g/mol. The molecule has 0 radical (unpaired) electrons. The number of Topliss-reactive ketones (excluding diaryl/α,β-unsaturated/α-hetero) is 1. The van der Waals surface area contributed by atoms with Crippen LogP contribution >= 0.6 is 0 Å². The van der Waals surface area contributed by atoms with Gasteiger partial charge in [0.2, 0.25) is 5.91 Å². The molecule has 0 bridgehead atoms. The fourth-order valence-electron chi connectivity index (χ4n) is 4.23. The molecular weight excluding hydrogens is 410 g/mol. The van der Waals surface area contributed by atoms with Gasteiger partial charge in [-0.2, -0.15) is 0 Å². The molecule has 2 aliphatic heterocycles. The van der Waals surface area contributed by atoms with Gasteiger partial charge in [0.15, 0.2) is 17.4 Å². The van der Waals surface area contributed by atoms with Gasteiger partial charge >= 0.3 is 0 Å². The van der Waals surface area contributed by atoms with Crippen molar-refractivity contribution < 1.29 is 19.1 Å². The van der Waals surface area contributed by atoms with Crippen molar-refractivity contribution in [2.75, 3.05) is 48.9 Å². The summed E-state index contributed by atoms with van der Waals surface area (Å²) in [5, 5.41) is 6.10. The summed E-state index contributed by atoms with van der Waals surface area (Å²) in [5.41, 5.74) is 2.19. The highest BCUT2D eigenvalue weighted by Gasteiger charge is 2.49. The summed E-state index contributed by atoms with van der Waals surface area (Å²) in [6.07, 6.45) is 5.37. The second-order valence-electron chi connectivity index (χ2n) is 8.84. The summed E-state index contributed by atoms with van der Waals surface area (Å²) in [4.78, 5) is 35.7. The molecule has 32 heavy (non-hydrogen) atoms. The molecule has 2 aromatic rings. The van der Waals surface area contributed by atoms with Gasteiger partial charge in [-0.15, -0.1) is 0 Å². The number of aromatic nitrogens is 2. The van der Waals surface area contributed by atoms with E-state index in [-0.39, 0.29) is 23.0 Å². The molecule has 1 saturated carbocycles. The van der Waals surface area contributed by atoms with Crippen molar-refractivity contribution in [2.24, 2.45) is 11.3 Å². The topological polar surface area (TPSA) is 106 Å². The van der Waals surface area contributed by atoms with Crippen LogP contribution in [0.2, 0.25) is 0 Å². The molecule has 0 atom stereocenters. The maximum absolute atomic E-state index is 12.5. The largest absolute Gasteiger partial charge is 0.491 e. The van der Waals surface area contributed by atoms with Crippen molar-refractivity contribution >= 4 is 34.7 Å². The number of nitrogens with zero attached hydrogens (tertiary/aromatic N) is 3. The van der Waals surface area contributed by atoms with Gasteiger partial charge in [-0.05, 0) is 18.9 Å². The van der Waals surface area contributed by atoms with Crippen molar-refractivity contribution in [1.82, 2.24) is 9.97 Å². The molecule has 3 fully saturated rings. The van der Waals surface area contributed by atoms with E-state index in [9.17, 15) is 9.59 Å². The van der Waals surface area contributed by atoms with Crippen LogP contribution in [-0.2, 0) is 9.53 Å². The molecule has 9 heteroatoms. The summed E-state index contributed by atoms with van der Waals surface area (Å²) >= 11 is 0. The highest BCUT2D eigenvalue weighted by molar-refractivity contribution is 6.02. The highest BCUT2D eigenvalue weighted by Crippen LogP contribution is 2.45. The van der Waals surface area contributed by atoms with E-state index in [4.69, 9.17) is 9.47 Å². The fraction of sp³-hybridized carbons (Fsp3) is 0.478. The highest BCUT2D eigenvalue weighted by atomic mass is 16.5. The Bertz CT molecular complexity index is 1060. The quantitative estimate of drug-likeness (QED) is 0.607. The lowest BCUT2D eigenvalue weighted by Crippen LogP contribution is -2.66. The standard InChI is InChI=1S/C23H27N5O4/c1-3-18(29)15-9-25-19(27-22(30)14-4-5-14)8-16(15)26-21-20(31-2)17(6-7-24-21)28-10-23(11-28)12-32-13-23/h6-9,14H,3-5,10-13H2,1-2H3,(H2,24,25,26,27,30). The zero-order chi connectivity index (χ0) is 22.3. The van der Waals surface area contributed by atoms with Gasteiger partial charge in [0.05, 0.1) is 42.7 Å². The molecule has 0 unspecified atom stereocenters. The van der Waals surface area contributed by atoms with Crippen LogP contribution in [0.5, 0.6) is 5.75 Å². The number of hydrogen-bond donors (Lipinski definition) is 2. The third kappa shape index (κ3) is 3.77. The summed E-state index contributed by atoms with van der Waals surface area (Å²) < 4.78 is 11.1. The SMILES string of the molecule is CCC(=O)c1cnc(NC(=O)C2CC2)cc1Nc1nccc(N2CC3(COC3)C2)c1OC. The first kappa shape index (κ1) is 20.7. The lowest BCUT2D eigenvalue weighted by atomic mass is 9.78. The number of amides is 1. The smallest absolute Gasteiger partial charge is 0.228 e. The number of carbonyl (C=O) groups excluding carboxylic acids is 2. The van der Waals surface area contributed by atoms with E-state index in [1.807, 2.05) is 6.07 Å². The van der Waals surface area contributed by atoms with E-state index in [0.717, 1.165) is 44.8 Å². The van der Waals surface area contributed by atoms with E-state index in [0.29, 0.717) is 35.1 Å². The summed E-state index contributed by atoms with van der Waals surface area (Å²) in [5.74, 6) is 1.49. The molecule has 4 heterocycles. The van der Waals surface area contributed by atoms with Gasteiger partial charge in [0.1, 0.15) is 5.82 Å². The molecular formula is C23H27N5O4. The summed E-state index contributed by atoms with van der Waals surface area (Å²) in [6, 6.07) is 3.61. The maximum Gasteiger partial charge on any atom is 0.228 e. The van der Waals surface area contributed by atoms with Crippen molar-refractivity contribution in [1.29, 1.82) is 0 Å². The van der Waals surface area contributed by atoms with Crippen LogP contribution in [0.15, 0.2) is 24.5 Å². The second-order valence-corrected chi connectivity index (χ2v) is 8.84. The molecule has 1 spiro atoms. The molecule has 168 valence electrons. The number of pyridine rings is 2. The Kier molecular flexibility index (Phi) is 5.21. The first-order chi connectivity index (χ1) is 15.5. The first-order valence-corrected chi connectivity index (χ1v) is 11.0. The average Bonchev–Trinajstić information content (AvgIpc) is 3.57. The fourth-order valence-corrected chi connectivity index (χ4v) is 4.23. The van der Waals surface area contributed by atoms with Crippen molar-refractivity contribution in [3.8, 4) is 5.75 Å². The van der Waals surface area contributed by atoms with Gasteiger partial charge in [-0.1, -0.05) is 6.92 Å². The number of ether oxygens (including phenoxy) is 2. The van der Waals surface area contributed by atoms with Gasteiger partial charge < -0.3 is 25.0 Å². The van der Waals surface area contributed by atoms with Gasteiger partial charge in [-0.3, -0.25) is 9.59 Å². The van der Waals surface area contributed by atoms with Crippen LogP contribution < -0.4 is 20.3 Å². The van der Waals surface area contributed by atoms with Gasteiger partial charge in [0.25, 0.3) is 0 Å². The Labute approximate surface area is 186 Å². The van der Waals surface area contributed by atoms with E-state index in [1.165, 1.54) is 6.20 Å². The van der Waals surface area contributed by atoms with Crippen molar-refractivity contribution in [3.63, 3.8) is 0 Å². The predicted octanol–water partition coefficient (Wildman–Crippen LogP) is 3.01. The third-order valence-electron chi connectivity index (χ3n) is 6.28. The Hall–Kier alpha value is -3.20. The Balaban J connectivity index is 1.43. The van der Waals surface area contributed by atoms with Crippen LogP contribution in [0, 0.1) is 11.3 Å². The number of nitrogens with one attached hydrogen (secondary N) is 2. The number of anilines is 4. The molecule has 2 aromatic heterocycles. The molecule has 1 amide bonds. The number of ketones is 1. The molecule has 9 nitrogen and oxygen atoms in total. The van der Waals surface area contributed by atoms with Crippen LogP contribution in [0.25, 0.3) is 0 Å². The first-order valence-electron chi connectivity index (χ1n) is 11.0. The zero-order valence-corrected chi connectivity index (χ0v) is 18.3. The van der Waals surface area contributed by atoms with E-state index >= 15 is 0 Å². The van der Waals surface area contributed by atoms with Crippen LogP contribution in [0.3, 0.4) is 0 Å². The normalized spacial score (nSPS) is 18.5. The van der Waals surface area contributed by atoms with Gasteiger partial charge in [-0.25, -0.2) is 9.97 Å². The van der Waals surface area contributed by atoms with Crippen LogP contribution in [-0.4, -0.2) is 55.1 Å². The van der Waals surface area contributed by atoms with Gasteiger partial charge in [0, 0.05) is 43.9 Å². The number of rotatable bonds is 8. The zero-order valence-electron chi connectivity index (χ0n) is 18.3. The molecule has 2 N–H and O–H groups in total. The number of hydrogen-bond acceptors (Lipinski definition) is 8. The summed E-state index contributed by atoms with van der Waals surface area (Å²) in [7, 11) is 1.61. The molecule has 5 rings (SSSR count). The van der Waals surface area contributed by atoms with E-state index in [2.05, 4.69) is 25.5 Å². The molecule has 0 aromatic carbocycles. The number of carbonyl (C=O) groups is 2. The van der Waals surface area contributed by atoms with Crippen molar-refractivity contribution in [2.45, 2.75) is 26.2 Å². The monoisotopic (exact) mass is 437 g/mol. The van der Waals surface area contributed by atoms with E-state index < -0.39 is 0 Å². The minimum Gasteiger partial charge on any atom is -0.491 e. The number of methoxy groups -OCH3 is 1. The van der Waals surface area contributed by atoms with Crippen molar-refractivity contribution in [3.05, 3.63) is 30.1 Å². The van der Waals surface area contributed by atoms with Crippen LogP contribution in [0.4, 0.5) is 23.0 Å². The van der Waals surface area contributed by atoms with E-state index in [1.54, 1.807) is 26.3 Å². The minimum atomic E-state index is -0.0511. The molecule has 2 saturated heterocycles. The molecule has 1 aliphatic carbocycles. The predicted molar refractivity (Wildman–Crippen MR) is 120 cm³/mol. The lowest BCUT2D eigenvalue weighted by molar-refractivity contribution is -0.127. The minimum absolute atomic E-state index is 0.0394. The lowest BCUT2D eigenvalue weighted by Gasteiger charge is -2.56. The Morgan fingerprint density at radius 2 is 2.06 bits per heavy atom. The second kappa shape index (κ2) is 8.05. The Morgan fingerprint density at radius 1 is 1.28 bits per heavy atom.